The Hall–Kier alpha value is -4.25. The molecular weight excluding hydrogens is 487 g/mol. The summed E-state index contributed by atoms with van der Waals surface area (Å²) in [5, 5.41) is 3.33. The van der Waals surface area contributed by atoms with E-state index in [1.807, 2.05) is 89.8 Å². The normalized spacial score (nSPS) is 15.4. The van der Waals surface area contributed by atoms with Crippen LogP contribution in [0.1, 0.15) is 53.7 Å². The molecule has 1 aliphatic heterocycles. The molecule has 4 aromatic carbocycles. The van der Waals surface area contributed by atoms with E-state index in [0.717, 1.165) is 28.7 Å². The highest BCUT2D eigenvalue weighted by Crippen LogP contribution is 2.37. The number of likely N-dealkylation sites (tertiary alicyclic amines) is 1. The number of halogens is 1. The van der Waals surface area contributed by atoms with E-state index >= 15 is 0 Å². The maximum absolute atomic E-state index is 14.0. The number of amides is 2. The molecule has 0 saturated carbocycles. The summed E-state index contributed by atoms with van der Waals surface area (Å²) < 4.78 is 13.3. The predicted octanol–water partition coefficient (Wildman–Crippen LogP) is 6.93. The third kappa shape index (κ3) is 5.63. The van der Waals surface area contributed by atoms with Crippen molar-refractivity contribution in [2.45, 2.75) is 37.6 Å². The summed E-state index contributed by atoms with van der Waals surface area (Å²) in [7, 11) is 0. The van der Waals surface area contributed by atoms with Gasteiger partial charge in [0.05, 0.1) is 11.5 Å². The Kier molecular flexibility index (Phi) is 7.87. The summed E-state index contributed by atoms with van der Waals surface area (Å²) in [6, 6.07) is 33.7. The van der Waals surface area contributed by atoms with Gasteiger partial charge in [0.1, 0.15) is 5.82 Å². The van der Waals surface area contributed by atoms with Crippen molar-refractivity contribution < 1.29 is 14.0 Å². The molecule has 0 radical (unpaired) electrons. The molecule has 1 aliphatic rings. The van der Waals surface area contributed by atoms with Gasteiger partial charge < -0.3 is 10.2 Å². The van der Waals surface area contributed by atoms with E-state index in [-0.39, 0.29) is 23.7 Å². The first kappa shape index (κ1) is 26.4. The van der Waals surface area contributed by atoms with Gasteiger partial charge in [-0.1, -0.05) is 91.9 Å². The van der Waals surface area contributed by atoms with Gasteiger partial charge in [-0.2, -0.15) is 0 Å². The van der Waals surface area contributed by atoms with Gasteiger partial charge >= 0.3 is 0 Å². The average molecular weight is 521 g/mol. The number of carbonyl (C=O) groups excluding carboxylic acids is 2. The quantitative estimate of drug-likeness (QED) is 0.287. The second-order valence-electron chi connectivity index (χ2n) is 10.2. The van der Waals surface area contributed by atoms with E-state index in [0.29, 0.717) is 31.5 Å². The molecule has 39 heavy (non-hydrogen) atoms. The van der Waals surface area contributed by atoms with Gasteiger partial charge in [-0.25, -0.2) is 4.39 Å². The molecule has 5 heteroatoms. The van der Waals surface area contributed by atoms with Gasteiger partial charge in [0.25, 0.3) is 5.91 Å². The van der Waals surface area contributed by atoms with Crippen LogP contribution in [0, 0.1) is 5.82 Å². The van der Waals surface area contributed by atoms with Gasteiger partial charge in [-0.3, -0.25) is 9.59 Å². The highest BCUT2D eigenvalue weighted by atomic mass is 19.1. The number of hydrogen-bond donors (Lipinski definition) is 1. The van der Waals surface area contributed by atoms with Crippen molar-refractivity contribution in [2.24, 2.45) is 0 Å². The fraction of sp³-hybridized carbons (Fsp3) is 0.235. The topological polar surface area (TPSA) is 49.4 Å². The van der Waals surface area contributed by atoms with Crippen molar-refractivity contribution in [3.63, 3.8) is 0 Å². The molecule has 198 valence electrons. The zero-order chi connectivity index (χ0) is 27.2. The number of hydrogen-bond acceptors (Lipinski definition) is 2. The number of carbonyl (C=O) groups is 2. The highest BCUT2D eigenvalue weighted by molar-refractivity contribution is 5.95. The Morgan fingerprint density at radius 2 is 1.33 bits per heavy atom. The largest absolute Gasteiger partial charge is 0.349 e. The van der Waals surface area contributed by atoms with Gasteiger partial charge in [-0.05, 0) is 65.8 Å². The van der Waals surface area contributed by atoms with Gasteiger partial charge in [0, 0.05) is 18.7 Å². The van der Waals surface area contributed by atoms with Crippen molar-refractivity contribution in [3.8, 4) is 11.1 Å². The smallest absolute Gasteiger partial charge is 0.253 e. The first-order valence-electron chi connectivity index (χ1n) is 13.6. The second-order valence-corrected chi connectivity index (χ2v) is 10.2. The molecule has 1 saturated heterocycles. The number of nitrogens with zero attached hydrogens (tertiary/aromatic N) is 1. The summed E-state index contributed by atoms with van der Waals surface area (Å²) in [5.41, 5.74) is 3.80. The van der Waals surface area contributed by atoms with Crippen molar-refractivity contribution >= 4 is 11.8 Å². The maximum atomic E-state index is 14.0. The van der Waals surface area contributed by atoms with Crippen molar-refractivity contribution in [1.82, 2.24) is 10.2 Å². The van der Waals surface area contributed by atoms with Gasteiger partial charge in [0.15, 0.2) is 0 Å². The lowest BCUT2D eigenvalue weighted by atomic mass is 9.71. The maximum Gasteiger partial charge on any atom is 0.253 e. The number of nitrogens with one attached hydrogen (secondary N) is 1. The van der Waals surface area contributed by atoms with Crippen LogP contribution in [0.25, 0.3) is 11.1 Å². The molecular formula is C34H33FN2O2. The van der Waals surface area contributed by atoms with E-state index in [2.05, 4.69) is 12.2 Å². The molecule has 2 amide bonds. The lowest BCUT2D eigenvalue weighted by molar-refractivity contribution is -0.129. The van der Waals surface area contributed by atoms with Crippen LogP contribution in [0.15, 0.2) is 109 Å². The first-order valence-corrected chi connectivity index (χ1v) is 13.6. The summed E-state index contributed by atoms with van der Waals surface area (Å²) >= 11 is 0. The van der Waals surface area contributed by atoms with E-state index in [4.69, 9.17) is 0 Å². The molecule has 5 rings (SSSR count). The first-order chi connectivity index (χ1) is 19.0. The molecule has 4 nitrogen and oxygen atoms in total. The van der Waals surface area contributed by atoms with Crippen LogP contribution in [-0.2, 0) is 10.2 Å². The number of rotatable bonds is 7. The second kappa shape index (κ2) is 11.6. The van der Waals surface area contributed by atoms with E-state index in [1.165, 1.54) is 12.1 Å². The SMILES string of the molecule is CC[C@H](NC(=O)C1(c2ccccc2)CCN(C(=O)c2ccc(-c3ccc(F)cc3)cc2)CC1)c1ccccc1. The zero-order valence-electron chi connectivity index (χ0n) is 22.1. The Balaban J connectivity index is 1.32. The lowest BCUT2D eigenvalue weighted by Gasteiger charge is -2.42. The van der Waals surface area contributed by atoms with Crippen LogP contribution in [0.5, 0.6) is 0 Å². The molecule has 0 unspecified atom stereocenters. The molecule has 1 heterocycles. The average Bonchev–Trinajstić information content (AvgIpc) is 3.01. The molecule has 0 spiro atoms. The Bertz CT molecular complexity index is 1400. The van der Waals surface area contributed by atoms with E-state index < -0.39 is 5.41 Å². The fourth-order valence-corrected chi connectivity index (χ4v) is 5.53. The Morgan fingerprint density at radius 3 is 1.90 bits per heavy atom. The third-order valence-corrected chi connectivity index (χ3v) is 7.89. The third-order valence-electron chi connectivity index (χ3n) is 7.89. The minimum Gasteiger partial charge on any atom is -0.349 e. The minimum absolute atomic E-state index is 0.0140. The number of piperidine rings is 1. The highest BCUT2D eigenvalue weighted by Gasteiger charge is 2.44. The van der Waals surface area contributed by atoms with E-state index in [9.17, 15) is 14.0 Å². The lowest BCUT2D eigenvalue weighted by Crippen LogP contribution is -2.53. The summed E-state index contributed by atoms with van der Waals surface area (Å²) in [5.74, 6) is -0.306. The van der Waals surface area contributed by atoms with E-state index in [1.54, 1.807) is 12.1 Å². The standard InChI is InChI=1S/C34H33FN2O2/c1-2-31(27-9-5-3-6-10-27)36-33(39)34(29-11-7-4-8-12-29)21-23-37(24-22-34)32(38)28-15-13-25(14-16-28)26-17-19-30(35)20-18-26/h3-20,31H,2,21-24H2,1H3,(H,36,39)/t31-/m0/s1. The van der Waals surface area contributed by atoms with Crippen LogP contribution >= 0.6 is 0 Å². The Morgan fingerprint density at radius 1 is 0.795 bits per heavy atom. The van der Waals surface area contributed by atoms with Crippen molar-refractivity contribution in [3.05, 3.63) is 132 Å². The molecule has 1 fully saturated rings. The molecule has 1 N–H and O–H groups in total. The predicted molar refractivity (Wildman–Crippen MR) is 153 cm³/mol. The molecule has 1 atom stereocenters. The molecule has 0 bridgehead atoms. The summed E-state index contributed by atoms with van der Waals surface area (Å²) in [6.07, 6.45) is 1.89. The van der Waals surface area contributed by atoms with Gasteiger partial charge in [0.2, 0.25) is 5.91 Å². The van der Waals surface area contributed by atoms with Gasteiger partial charge in [-0.15, -0.1) is 0 Å². The van der Waals surface area contributed by atoms with Crippen LogP contribution in [0.3, 0.4) is 0 Å². The molecule has 4 aromatic rings. The van der Waals surface area contributed by atoms with Crippen molar-refractivity contribution in [2.75, 3.05) is 13.1 Å². The van der Waals surface area contributed by atoms with Crippen LogP contribution in [0.4, 0.5) is 4.39 Å². The van der Waals surface area contributed by atoms with Crippen LogP contribution in [-0.4, -0.2) is 29.8 Å². The fourth-order valence-electron chi connectivity index (χ4n) is 5.53. The van der Waals surface area contributed by atoms with Crippen LogP contribution < -0.4 is 5.32 Å². The molecule has 0 aliphatic carbocycles. The monoisotopic (exact) mass is 520 g/mol. The van der Waals surface area contributed by atoms with Crippen molar-refractivity contribution in [1.29, 1.82) is 0 Å². The summed E-state index contributed by atoms with van der Waals surface area (Å²) in [4.78, 5) is 29.2. The van der Waals surface area contributed by atoms with Crippen LogP contribution in [0.2, 0.25) is 0 Å². The Labute approximate surface area is 229 Å². The number of benzene rings is 4. The molecule has 0 aromatic heterocycles. The zero-order valence-corrected chi connectivity index (χ0v) is 22.1. The minimum atomic E-state index is -0.702. The summed E-state index contributed by atoms with van der Waals surface area (Å²) in [6.45, 7) is 3.06.